The lowest BCUT2D eigenvalue weighted by Crippen LogP contribution is -2.45. The van der Waals surface area contributed by atoms with Crippen molar-refractivity contribution in [2.45, 2.75) is 25.3 Å². The van der Waals surface area contributed by atoms with Crippen molar-refractivity contribution in [3.05, 3.63) is 29.8 Å². The molecule has 1 fully saturated rings. The molecule has 2 rings (SSSR count). The first-order chi connectivity index (χ1) is 10.1. The number of likely N-dealkylation sites (N-methyl/N-ethyl adjacent to an activating group) is 1. The molecule has 0 aliphatic carbocycles. The van der Waals surface area contributed by atoms with Crippen molar-refractivity contribution >= 4 is 5.91 Å². The highest BCUT2D eigenvalue weighted by Crippen LogP contribution is 2.16. The Morgan fingerprint density at radius 1 is 1.38 bits per heavy atom. The first-order valence-corrected chi connectivity index (χ1v) is 7.42. The number of nitrogens with zero attached hydrogens (tertiary/aromatic N) is 1. The molecule has 1 aliphatic heterocycles. The van der Waals surface area contributed by atoms with Gasteiger partial charge in [0.05, 0.1) is 6.04 Å². The van der Waals surface area contributed by atoms with Gasteiger partial charge in [0.15, 0.2) is 0 Å². The molecule has 5 heteroatoms. The van der Waals surface area contributed by atoms with Crippen LogP contribution in [0.5, 0.6) is 5.75 Å². The third kappa shape index (κ3) is 4.72. The van der Waals surface area contributed by atoms with Crippen molar-refractivity contribution in [1.29, 1.82) is 0 Å². The summed E-state index contributed by atoms with van der Waals surface area (Å²) >= 11 is 0. The molecule has 3 N–H and O–H groups in total. The van der Waals surface area contributed by atoms with Crippen molar-refractivity contribution < 1.29 is 14.6 Å². The summed E-state index contributed by atoms with van der Waals surface area (Å²) in [6.07, 6.45) is 2.49. The number of hydrogen-bond donors (Lipinski definition) is 2. The van der Waals surface area contributed by atoms with E-state index in [0.29, 0.717) is 12.3 Å². The molecule has 0 bridgehead atoms. The zero-order valence-corrected chi connectivity index (χ0v) is 12.5. The van der Waals surface area contributed by atoms with Gasteiger partial charge < -0.3 is 20.5 Å². The average molecular weight is 292 g/mol. The Morgan fingerprint density at radius 2 is 2.00 bits per heavy atom. The van der Waals surface area contributed by atoms with Gasteiger partial charge in [-0.05, 0) is 42.9 Å². The van der Waals surface area contributed by atoms with Gasteiger partial charge in [-0.2, -0.15) is 0 Å². The van der Waals surface area contributed by atoms with E-state index >= 15 is 0 Å². The highest BCUT2D eigenvalue weighted by Gasteiger charge is 2.22. The van der Waals surface area contributed by atoms with E-state index < -0.39 is 6.04 Å². The number of amides is 1. The normalized spacial score (nSPS) is 17.4. The van der Waals surface area contributed by atoms with Gasteiger partial charge in [0, 0.05) is 26.8 Å². The number of hydrogen-bond acceptors (Lipinski definition) is 4. The maximum absolute atomic E-state index is 12.3. The Bertz CT molecular complexity index is 455. The Hall–Kier alpha value is -1.59. The van der Waals surface area contributed by atoms with Crippen LogP contribution in [0.3, 0.4) is 0 Å². The number of carbonyl (C=O) groups excluding carboxylic acids is 1. The summed E-state index contributed by atoms with van der Waals surface area (Å²) in [7, 11) is 1.81. The van der Waals surface area contributed by atoms with Crippen LogP contribution in [0.1, 0.15) is 18.4 Å². The number of phenolic OH excluding ortho intramolecular Hbond substituents is 1. The fourth-order valence-corrected chi connectivity index (χ4v) is 2.66. The van der Waals surface area contributed by atoms with Crippen LogP contribution in [0.2, 0.25) is 0 Å². The fourth-order valence-electron chi connectivity index (χ4n) is 2.66. The topological polar surface area (TPSA) is 75.8 Å². The summed E-state index contributed by atoms with van der Waals surface area (Å²) in [6, 6.07) is 6.26. The standard InChI is InChI=1S/C16H24N2O3/c1-18(11-13-6-8-21-9-7-13)16(20)15(17)10-12-2-4-14(19)5-3-12/h2-5,13,15,19H,6-11,17H2,1H3/t15-/m0/s1. The van der Waals surface area contributed by atoms with E-state index in [1.807, 2.05) is 7.05 Å². The van der Waals surface area contributed by atoms with E-state index in [4.69, 9.17) is 10.5 Å². The van der Waals surface area contributed by atoms with Gasteiger partial charge in [-0.1, -0.05) is 12.1 Å². The van der Waals surface area contributed by atoms with Gasteiger partial charge >= 0.3 is 0 Å². The molecule has 1 amide bonds. The van der Waals surface area contributed by atoms with Crippen molar-refractivity contribution in [2.75, 3.05) is 26.8 Å². The molecule has 0 radical (unpaired) electrons. The van der Waals surface area contributed by atoms with Crippen LogP contribution in [-0.4, -0.2) is 48.8 Å². The van der Waals surface area contributed by atoms with Gasteiger partial charge in [-0.25, -0.2) is 0 Å². The number of phenols is 1. The number of rotatable bonds is 5. The molecule has 1 saturated heterocycles. The Morgan fingerprint density at radius 3 is 2.62 bits per heavy atom. The zero-order chi connectivity index (χ0) is 15.2. The summed E-state index contributed by atoms with van der Waals surface area (Å²) < 4.78 is 5.33. The highest BCUT2D eigenvalue weighted by molar-refractivity contribution is 5.81. The molecule has 0 aromatic heterocycles. The van der Waals surface area contributed by atoms with Gasteiger partial charge in [0.2, 0.25) is 5.91 Å². The fraction of sp³-hybridized carbons (Fsp3) is 0.562. The third-order valence-electron chi connectivity index (χ3n) is 3.96. The predicted octanol–water partition coefficient (Wildman–Crippen LogP) is 1.15. The molecule has 1 heterocycles. The third-order valence-corrected chi connectivity index (χ3v) is 3.96. The van der Waals surface area contributed by atoms with E-state index in [2.05, 4.69) is 0 Å². The molecule has 0 spiro atoms. The molecule has 5 nitrogen and oxygen atoms in total. The maximum atomic E-state index is 12.3. The molecule has 1 aliphatic rings. The molecule has 116 valence electrons. The maximum Gasteiger partial charge on any atom is 0.239 e. The minimum absolute atomic E-state index is 0.0328. The molecule has 1 aromatic carbocycles. The summed E-state index contributed by atoms with van der Waals surface area (Å²) in [5, 5.41) is 9.25. The van der Waals surface area contributed by atoms with Crippen molar-refractivity contribution in [3.8, 4) is 5.75 Å². The zero-order valence-electron chi connectivity index (χ0n) is 12.5. The van der Waals surface area contributed by atoms with E-state index in [0.717, 1.165) is 38.2 Å². The predicted molar refractivity (Wildman–Crippen MR) is 81.0 cm³/mol. The Kier molecular flexibility index (Phi) is 5.59. The second-order valence-electron chi connectivity index (χ2n) is 5.75. The lowest BCUT2D eigenvalue weighted by atomic mass is 9.99. The SMILES string of the molecule is CN(CC1CCOCC1)C(=O)[C@@H](N)Cc1ccc(O)cc1. The van der Waals surface area contributed by atoms with Crippen LogP contribution in [-0.2, 0) is 16.0 Å². The van der Waals surface area contributed by atoms with Crippen LogP contribution >= 0.6 is 0 Å². The lowest BCUT2D eigenvalue weighted by molar-refractivity contribution is -0.132. The minimum atomic E-state index is -0.542. The van der Waals surface area contributed by atoms with Crippen LogP contribution in [0.15, 0.2) is 24.3 Å². The molecular formula is C16H24N2O3. The number of aromatic hydroxyl groups is 1. The van der Waals surface area contributed by atoms with E-state index in [1.165, 1.54) is 0 Å². The van der Waals surface area contributed by atoms with E-state index in [-0.39, 0.29) is 11.7 Å². The van der Waals surface area contributed by atoms with Crippen LogP contribution in [0, 0.1) is 5.92 Å². The monoisotopic (exact) mass is 292 g/mol. The minimum Gasteiger partial charge on any atom is -0.508 e. The second-order valence-corrected chi connectivity index (χ2v) is 5.75. The van der Waals surface area contributed by atoms with E-state index in [9.17, 15) is 9.90 Å². The first-order valence-electron chi connectivity index (χ1n) is 7.42. The average Bonchev–Trinajstić information content (AvgIpc) is 2.49. The molecule has 0 unspecified atom stereocenters. The number of carbonyl (C=O) groups is 1. The van der Waals surface area contributed by atoms with Crippen LogP contribution in [0.4, 0.5) is 0 Å². The molecule has 21 heavy (non-hydrogen) atoms. The van der Waals surface area contributed by atoms with Crippen molar-refractivity contribution in [3.63, 3.8) is 0 Å². The highest BCUT2D eigenvalue weighted by atomic mass is 16.5. The van der Waals surface area contributed by atoms with E-state index in [1.54, 1.807) is 29.2 Å². The summed E-state index contributed by atoms with van der Waals surface area (Å²) in [4.78, 5) is 14.0. The number of benzene rings is 1. The molecule has 1 atom stereocenters. The quantitative estimate of drug-likeness (QED) is 0.853. The lowest BCUT2D eigenvalue weighted by Gasteiger charge is -2.28. The summed E-state index contributed by atoms with van der Waals surface area (Å²) in [5.41, 5.74) is 6.97. The summed E-state index contributed by atoms with van der Waals surface area (Å²) in [6.45, 7) is 2.31. The Balaban J connectivity index is 1.84. The molecule has 1 aromatic rings. The Labute approximate surface area is 125 Å². The van der Waals surface area contributed by atoms with Crippen LogP contribution in [0.25, 0.3) is 0 Å². The second kappa shape index (κ2) is 7.43. The van der Waals surface area contributed by atoms with Gasteiger partial charge in [0.25, 0.3) is 0 Å². The van der Waals surface area contributed by atoms with Crippen LogP contribution < -0.4 is 5.73 Å². The first kappa shape index (κ1) is 15.8. The van der Waals surface area contributed by atoms with Gasteiger partial charge in [-0.3, -0.25) is 4.79 Å². The van der Waals surface area contributed by atoms with Gasteiger partial charge in [-0.15, -0.1) is 0 Å². The van der Waals surface area contributed by atoms with Crippen molar-refractivity contribution in [2.24, 2.45) is 11.7 Å². The van der Waals surface area contributed by atoms with Crippen molar-refractivity contribution in [1.82, 2.24) is 4.90 Å². The number of nitrogens with two attached hydrogens (primary N) is 1. The smallest absolute Gasteiger partial charge is 0.239 e. The molecule has 0 saturated carbocycles. The largest absolute Gasteiger partial charge is 0.508 e. The summed E-state index contributed by atoms with van der Waals surface area (Å²) in [5.74, 6) is 0.693. The van der Waals surface area contributed by atoms with Gasteiger partial charge in [0.1, 0.15) is 5.75 Å². The molecular weight excluding hydrogens is 268 g/mol. The number of ether oxygens (including phenoxy) is 1.